The molecule has 0 bridgehead atoms. The minimum Gasteiger partial charge on any atom is -0.367 e. The van der Waals surface area contributed by atoms with Gasteiger partial charge in [-0.3, -0.25) is 9.52 Å². The van der Waals surface area contributed by atoms with E-state index in [2.05, 4.69) is 14.9 Å². The number of anilines is 2. The molecule has 3 rings (SSSR count). The second-order valence-corrected chi connectivity index (χ2v) is 8.69. The Morgan fingerprint density at radius 2 is 1.79 bits per heavy atom. The smallest absolute Gasteiger partial charge is 0.262 e. The monoisotopic (exact) mass is 402 g/mol. The minimum absolute atomic E-state index is 0.178. The first kappa shape index (κ1) is 20.2. The highest BCUT2D eigenvalue weighted by atomic mass is 32.2. The van der Waals surface area contributed by atoms with Crippen LogP contribution in [0.1, 0.15) is 15.9 Å². The lowest BCUT2D eigenvalue weighted by atomic mass is 10.1. The molecule has 1 saturated heterocycles. The second kappa shape index (κ2) is 8.20. The van der Waals surface area contributed by atoms with E-state index in [1.54, 1.807) is 57.4 Å². The first-order valence-corrected chi connectivity index (χ1v) is 10.7. The van der Waals surface area contributed by atoms with E-state index in [-0.39, 0.29) is 10.8 Å². The molecule has 2 N–H and O–H groups in total. The number of carbonyl (C=O) groups excluding carboxylic acids is 1. The van der Waals surface area contributed by atoms with Crippen LogP contribution in [0.3, 0.4) is 0 Å². The van der Waals surface area contributed by atoms with Crippen molar-refractivity contribution in [2.75, 3.05) is 49.9 Å². The number of hydrogen-bond acceptors (Lipinski definition) is 5. The summed E-state index contributed by atoms with van der Waals surface area (Å²) in [5.41, 5.74) is 2.29. The first-order chi connectivity index (χ1) is 13.3. The number of piperazine rings is 1. The van der Waals surface area contributed by atoms with Gasteiger partial charge >= 0.3 is 0 Å². The van der Waals surface area contributed by atoms with Gasteiger partial charge < -0.3 is 15.1 Å². The van der Waals surface area contributed by atoms with Crippen LogP contribution in [-0.4, -0.2) is 59.5 Å². The number of nitrogens with zero attached hydrogens (tertiary/aromatic N) is 2. The number of sulfonamides is 1. The fourth-order valence-corrected chi connectivity index (χ4v) is 4.56. The van der Waals surface area contributed by atoms with Crippen molar-refractivity contribution in [1.82, 2.24) is 10.2 Å². The van der Waals surface area contributed by atoms with Gasteiger partial charge in [0.05, 0.1) is 16.3 Å². The fourth-order valence-electron chi connectivity index (χ4n) is 3.25. The molecule has 2 aromatic rings. The third-order valence-corrected chi connectivity index (χ3v) is 6.26. The lowest BCUT2D eigenvalue weighted by Crippen LogP contribution is -2.43. The van der Waals surface area contributed by atoms with E-state index in [1.165, 1.54) is 4.90 Å². The van der Waals surface area contributed by atoms with Crippen LogP contribution in [0.4, 0.5) is 11.4 Å². The van der Waals surface area contributed by atoms with Crippen molar-refractivity contribution in [1.29, 1.82) is 0 Å². The van der Waals surface area contributed by atoms with Crippen molar-refractivity contribution in [3.05, 3.63) is 53.6 Å². The van der Waals surface area contributed by atoms with Crippen molar-refractivity contribution in [2.45, 2.75) is 11.8 Å². The van der Waals surface area contributed by atoms with Crippen molar-refractivity contribution in [3.63, 3.8) is 0 Å². The normalized spacial score (nSPS) is 14.6. The highest BCUT2D eigenvalue weighted by Crippen LogP contribution is 2.30. The maximum Gasteiger partial charge on any atom is 0.262 e. The molecule has 0 saturated carbocycles. The second-order valence-electron chi connectivity index (χ2n) is 7.04. The van der Waals surface area contributed by atoms with E-state index in [4.69, 9.17) is 0 Å². The van der Waals surface area contributed by atoms with Crippen LogP contribution in [0.2, 0.25) is 0 Å². The molecule has 8 heteroatoms. The molecule has 1 aliphatic heterocycles. The molecule has 0 aromatic heterocycles. The summed E-state index contributed by atoms with van der Waals surface area (Å²) >= 11 is 0. The van der Waals surface area contributed by atoms with E-state index in [0.717, 1.165) is 31.9 Å². The molecule has 28 heavy (non-hydrogen) atoms. The number of rotatable bonds is 5. The zero-order chi connectivity index (χ0) is 20.3. The average molecular weight is 403 g/mol. The zero-order valence-corrected chi connectivity index (χ0v) is 17.2. The summed E-state index contributed by atoms with van der Waals surface area (Å²) < 4.78 is 28.8. The van der Waals surface area contributed by atoms with Gasteiger partial charge in [-0.05, 0) is 36.8 Å². The predicted octanol–water partition coefficient (Wildman–Crippen LogP) is 1.91. The molecule has 0 radical (unpaired) electrons. The molecule has 0 unspecified atom stereocenters. The third-order valence-electron chi connectivity index (χ3n) is 4.73. The fraction of sp³-hybridized carbons (Fsp3) is 0.350. The largest absolute Gasteiger partial charge is 0.367 e. The first-order valence-electron chi connectivity index (χ1n) is 9.19. The lowest BCUT2D eigenvalue weighted by molar-refractivity contribution is 0.0827. The molecule has 150 valence electrons. The minimum atomic E-state index is -3.79. The number of amides is 1. The van der Waals surface area contributed by atoms with Crippen molar-refractivity contribution in [3.8, 4) is 0 Å². The van der Waals surface area contributed by atoms with E-state index >= 15 is 0 Å². The topological polar surface area (TPSA) is 81.8 Å². The van der Waals surface area contributed by atoms with Crippen molar-refractivity contribution >= 4 is 27.3 Å². The van der Waals surface area contributed by atoms with E-state index in [1.807, 2.05) is 6.07 Å². The molecule has 1 heterocycles. The molecule has 1 amide bonds. The van der Waals surface area contributed by atoms with E-state index < -0.39 is 10.0 Å². The molecule has 1 fully saturated rings. The Balaban J connectivity index is 2.04. The zero-order valence-electron chi connectivity index (χ0n) is 16.4. The van der Waals surface area contributed by atoms with Gasteiger partial charge in [0.25, 0.3) is 15.9 Å². The highest BCUT2D eigenvalue weighted by Gasteiger charge is 2.22. The Hall–Kier alpha value is -2.58. The lowest BCUT2D eigenvalue weighted by Gasteiger charge is -2.31. The number of benzene rings is 2. The number of hydrogen-bond donors (Lipinski definition) is 2. The number of nitrogens with one attached hydrogen (secondary N) is 2. The predicted molar refractivity (Wildman–Crippen MR) is 112 cm³/mol. The summed E-state index contributed by atoms with van der Waals surface area (Å²) in [5, 5.41) is 3.29. The Labute approximate surface area is 166 Å². The maximum atomic E-state index is 13.0. The maximum absolute atomic E-state index is 13.0. The number of carbonyl (C=O) groups is 1. The van der Waals surface area contributed by atoms with Gasteiger partial charge in [0.15, 0.2) is 0 Å². The van der Waals surface area contributed by atoms with Crippen LogP contribution in [0, 0.1) is 6.92 Å². The van der Waals surface area contributed by atoms with Crippen molar-refractivity contribution in [2.24, 2.45) is 0 Å². The molecule has 0 aliphatic carbocycles. The molecule has 2 aromatic carbocycles. The molecule has 1 aliphatic rings. The van der Waals surface area contributed by atoms with Gasteiger partial charge in [0, 0.05) is 45.8 Å². The van der Waals surface area contributed by atoms with Gasteiger partial charge in [-0.2, -0.15) is 0 Å². The van der Waals surface area contributed by atoms with Crippen LogP contribution >= 0.6 is 0 Å². The van der Waals surface area contributed by atoms with Crippen LogP contribution in [0.5, 0.6) is 0 Å². The van der Waals surface area contributed by atoms with Crippen LogP contribution < -0.4 is 14.9 Å². The van der Waals surface area contributed by atoms with E-state index in [0.29, 0.717) is 16.8 Å². The molecule has 0 atom stereocenters. The Morgan fingerprint density at radius 1 is 1.11 bits per heavy atom. The quantitative estimate of drug-likeness (QED) is 0.798. The van der Waals surface area contributed by atoms with Gasteiger partial charge in [0.2, 0.25) is 0 Å². The number of aryl methyl sites for hydroxylation is 1. The Kier molecular flexibility index (Phi) is 5.90. The SMILES string of the molecule is Cc1ccccc1S(=O)(=O)Nc1cc(C(=O)N(C)C)ccc1N1CCNCC1. The van der Waals surface area contributed by atoms with Gasteiger partial charge in [-0.15, -0.1) is 0 Å². The van der Waals surface area contributed by atoms with Crippen LogP contribution in [0.25, 0.3) is 0 Å². The summed E-state index contributed by atoms with van der Waals surface area (Å²) in [5.74, 6) is -0.178. The standard InChI is InChI=1S/C20H26N4O3S/c1-15-6-4-5-7-19(15)28(26,27)22-17-14-16(20(25)23(2)3)8-9-18(17)24-12-10-21-11-13-24/h4-9,14,21-22H,10-13H2,1-3H3. The van der Waals surface area contributed by atoms with E-state index in [9.17, 15) is 13.2 Å². The van der Waals surface area contributed by atoms with Crippen molar-refractivity contribution < 1.29 is 13.2 Å². The summed E-state index contributed by atoms with van der Waals surface area (Å²) in [4.78, 5) is 16.2. The average Bonchev–Trinajstić information content (AvgIpc) is 2.68. The van der Waals surface area contributed by atoms with Crippen LogP contribution in [-0.2, 0) is 10.0 Å². The molecular formula is C20H26N4O3S. The molecule has 7 nitrogen and oxygen atoms in total. The summed E-state index contributed by atoms with van der Waals surface area (Å²) in [7, 11) is -0.444. The van der Waals surface area contributed by atoms with Gasteiger partial charge in [-0.25, -0.2) is 8.42 Å². The summed E-state index contributed by atoms with van der Waals surface area (Å²) in [6, 6.07) is 12.0. The Morgan fingerprint density at radius 3 is 2.43 bits per heavy atom. The van der Waals surface area contributed by atoms with Crippen LogP contribution in [0.15, 0.2) is 47.4 Å². The van der Waals surface area contributed by atoms with Gasteiger partial charge in [-0.1, -0.05) is 18.2 Å². The Bertz CT molecular complexity index is 967. The summed E-state index contributed by atoms with van der Waals surface area (Å²) in [6.45, 7) is 4.93. The van der Waals surface area contributed by atoms with Gasteiger partial charge in [0.1, 0.15) is 0 Å². The molecule has 0 spiro atoms. The summed E-state index contributed by atoms with van der Waals surface area (Å²) in [6.07, 6.45) is 0. The highest BCUT2D eigenvalue weighted by molar-refractivity contribution is 7.92. The molecular weight excluding hydrogens is 376 g/mol. The third kappa shape index (κ3) is 4.28.